The molecule has 0 saturated carbocycles. The van der Waals surface area contributed by atoms with Crippen molar-refractivity contribution in [3.05, 3.63) is 64.4 Å². The summed E-state index contributed by atoms with van der Waals surface area (Å²) in [5.74, 6) is 1.16. The van der Waals surface area contributed by atoms with Crippen LogP contribution in [-0.4, -0.2) is 35.7 Å². The van der Waals surface area contributed by atoms with Crippen LogP contribution in [0.3, 0.4) is 0 Å². The molecule has 7 heteroatoms. The zero-order chi connectivity index (χ0) is 20.8. The van der Waals surface area contributed by atoms with Crippen LogP contribution in [0.25, 0.3) is 0 Å². The summed E-state index contributed by atoms with van der Waals surface area (Å²) in [5, 5.41) is 14.9. The zero-order valence-electron chi connectivity index (χ0n) is 17.1. The molecule has 0 atom stereocenters. The van der Waals surface area contributed by atoms with E-state index in [9.17, 15) is 4.79 Å². The number of aromatic nitrogens is 2. The molecule has 5 nitrogen and oxygen atoms in total. The van der Waals surface area contributed by atoms with Crippen molar-refractivity contribution in [2.24, 2.45) is 5.92 Å². The van der Waals surface area contributed by atoms with Gasteiger partial charge in [0.1, 0.15) is 5.03 Å². The highest BCUT2D eigenvalue weighted by atomic mass is 32.2. The van der Waals surface area contributed by atoms with Gasteiger partial charge in [-0.1, -0.05) is 35.5 Å². The van der Waals surface area contributed by atoms with E-state index in [-0.39, 0.29) is 11.8 Å². The molecule has 1 aliphatic heterocycles. The van der Waals surface area contributed by atoms with Crippen molar-refractivity contribution in [1.29, 1.82) is 0 Å². The molecule has 4 rings (SSSR count). The van der Waals surface area contributed by atoms with Crippen molar-refractivity contribution in [3.63, 3.8) is 0 Å². The number of amides is 1. The van der Waals surface area contributed by atoms with Crippen LogP contribution in [0.4, 0.5) is 5.82 Å². The molecule has 3 heterocycles. The minimum absolute atomic E-state index is 0.0916. The van der Waals surface area contributed by atoms with Crippen LogP contribution in [-0.2, 0) is 11.2 Å². The SMILES string of the molecule is Cc1ccc(Sc2ccc(N3CCC(C(=O)NCCc4cccs4)CC3)nn2)cc1. The number of thiophene rings is 1. The minimum atomic E-state index is 0.0916. The Bertz CT molecular complexity index is 934. The summed E-state index contributed by atoms with van der Waals surface area (Å²) >= 11 is 3.36. The van der Waals surface area contributed by atoms with E-state index in [0.717, 1.165) is 48.1 Å². The number of nitrogens with zero attached hydrogens (tertiary/aromatic N) is 3. The Morgan fingerprint density at radius 2 is 1.93 bits per heavy atom. The third-order valence-corrected chi connectivity index (χ3v) is 7.18. The second kappa shape index (κ2) is 10.1. The van der Waals surface area contributed by atoms with E-state index in [1.54, 1.807) is 23.1 Å². The van der Waals surface area contributed by atoms with E-state index >= 15 is 0 Å². The number of nitrogens with one attached hydrogen (secondary N) is 1. The highest BCUT2D eigenvalue weighted by Crippen LogP contribution is 2.27. The normalized spacial score (nSPS) is 14.6. The van der Waals surface area contributed by atoms with E-state index in [4.69, 9.17) is 0 Å². The van der Waals surface area contributed by atoms with E-state index < -0.39 is 0 Å². The predicted octanol–water partition coefficient (Wildman–Crippen LogP) is 4.57. The summed E-state index contributed by atoms with van der Waals surface area (Å²) in [4.78, 5) is 17.2. The maximum Gasteiger partial charge on any atom is 0.223 e. The third kappa shape index (κ3) is 5.61. The summed E-state index contributed by atoms with van der Waals surface area (Å²) in [5.41, 5.74) is 1.25. The summed E-state index contributed by atoms with van der Waals surface area (Å²) < 4.78 is 0. The first-order chi connectivity index (χ1) is 14.7. The number of benzene rings is 1. The van der Waals surface area contributed by atoms with Crippen molar-refractivity contribution >= 4 is 34.8 Å². The number of piperidine rings is 1. The summed E-state index contributed by atoms with van der Waals surface area (Å²) in [6.45, 7) is 4.47. The molecule has 0 bridgehead atoms. The second-order valence-electron chi connectivity index (χ2n) is 7.53. The van der Waals surface area contributed by atoms with Gasteiger partial charge < -0.3 is 10.2 Å². The molecular formula is C23H26N4OS2. The quantitative estimate of drug-likeness (QED) is 0.585. The maximum absolute atomic E-state index is 12.5. The van der Waals surface area contributed by atoms with Crippen molar-refractivity contribution in [1.82, 2.24) is 15.5 Å². The van der Waals surface area contributed by atoms with Crippen LogP contribution in [0, 0.1) is 12.8 Å². The van der Waals surface area contributed by atoms with Crippen molar-refractivity contribution < 1.29 is 4.79 Å². The highest BCUT2D eigenvalue weighted by molar-refractivity contribution is 7.99. The Morgan fingerprint density at radius 3 is 2.60 bits per heavy atom. The molecule has 0 aliphatic carbocycles. The van der Waals surface area contributed by atoms with Crippen LogP contribution < -0.4 is 10.2 Å². The Kier molecular flexibility index (Phi) is 7.02. The fourth-order valence-electron chi connectivity index (χ4n) is 3.54. The zero-order valence-corrected chi connectivity index (χ0v) is 18.7. The fraction of sp³-hybridized carbons (Fsp3) is 0.348. The van der Waals surface area contributed by atoms with Crippen molar-refractivity contribution in [2.45, 2.75) is 36.1 Å². The molecule has 0 radical (unpaired) electrons. The lowest BCUT2D eigenvalue weighted by Crippen LogP contribution is -2.41. The van der Waals surface area contributed by atoms with Gasteiger partial charge in [-0.05, 0) is 61.9 Å². The summed E-state index contributed by atoms with van der Waals surface area (Å²) in [6.07, 6.45) is 2.61. The number of anilines is 1. The molecule has 1 aromatic carbocycles. The van der Waals surface area contributed by atoms with Gasteiger partial charge in [0.05, 0.1) is 0 Å². The molecule has 1 saturated heterocycles. The smallest absolute Gasteiger partial charge is 0.223 e. The highest BCUT2D eigenvalue weighted by Gasteiger charge is 2.25. The van der Waals surface area contributed by atoms with Gasteiger partial charge in [0.25, 0.3) is 0 Å². The number of carbonyl (C=O) groups excluding carboxylic acids is 1. The standard InChI is InChI=1S/C23H26N4OS2/c1-17-4-6-20(7-5-17)30-22-9-8-21(25-26-22)27-14-11-18(12-15-27)23(28)24-13-10-19-3-2-16-29-19/h2-9,16,18H,10-15H2,1H3,(H,24,28). The lowest BCUT2D eigenvalue weighted by molar-refractivity contribution is -0.125. The van der Waals surface area contributed by atoms with Crippen molar-refractivity contribution in [3.8, 4) is 0 Å². The molecule has 1 N–H and O–H groups in total. The van der Waals surface area contributed by atoms with E-state index in [1.165, 1.54) is 10.4 Å². The van der Waals surface area contributed by atoms with E-state index in [1.807, 2.05) is 18.2 Å². The first-order valence-corrected chi connectivity index (χ1v) is 12.0. The van der Waals surface area contributed by atoms with Crippen LogP contribution in [0.15, 0.2) is 63.8 Å². The Hall–Kier alpha value is -2.38. The Labute approximate surface area is 185 Å². The topological polar surface area (TPSA) is 58.1 Å². The molecule has 3 aromatic rings. The average molecular weight is 439 g/mol. The summed E-state index contributed by atoms with van der Waals surface area (Å²) in [6, 6.07) is 16.6. The number of rotatable bonds is 7. The van der Waals surface area contributed by atoms with Gasteiger partial charge >= 0.3 is 0 Å². The van der Waals surface area contributed by atoms with Crippen LogP contribution in [0.5, 0.6) is 0 Å². The molecule has 156 valence electrons. The van der Waals surface area contributed by atoms with Gasteiger partial charge in [-0.15, -0.1) is 21.5 Å². The molecule has 1 fully saturated rings. The number of aryl methyl sites for hydroxylation is 1. The van der Waals surface area contributed by atoms with E-state index in [2.05, 4.69) is 63.0 Å². The minimum Gasteiger partial charge on any atom is -0.355 e. The molecule has 0 unspecified atom stereocenters. The van der Waals surface area contributed by atoms with Gasteiger partial charge in [0.15, 0.2) is 5.82 Å². The average Bonchev–Trinajstić information content (AvgIpc) is 3.29. The van der Waals surface area contributed by atoms with Gasteiger partial charge in [-0.25, -0.2) is 0 Å². The van der Waals surface area contributed by atoms with Crippen LogP contribution >= 0.6 is 23.1 Å². The lowest BCUT2D eigenvalue weighted by atomic mass is 9.96. The lowest BCUT2D eigenvalue weighted by Gasteiger charge is -2.31. The van der Waals surface area contributed by atoms with Gasteiger partial charge in [0.2, 0.25) is 5.91 Å². The van der Waals surface area contributed by atoms with Crippen molar-refractivity contribution in [2.75, 3.05) is 24.5 Å². The van der Waals surface area contributed by atoms with Gasteiger partial charge in [-0.3, -0.25) is 4.79 Å². The molecule has 1 amide bonds. The predicted molar refractivity (Wildman–Crippen MR) is 123 cm³/mol. The first-order valence-electron chi connectivity index (χ1n) is 10.3. The fourth-order valence-corrected chi connectivity index (χ4v) is 4.98. The Morgan fingerprint density at radius 1 is 1.13 bits per heavy atom. The number of carbonyl (C=O) groups is 1. The second-order valence-corrected chi connectivity index (χ2v) is 9.65. The van der Waals surface area contributed by atoms with Gasteiger partial charge in [-0.2, -0.15) is 0 Å². The van der Waals surface area contributed by atoms with E-state index in [0.29, 0.717) is 6.54 Å². The van der Waals surface area contributed by atoms with Crippen LogP contribution in [0.2, 0.25) is 0 Å². The Balaban J connectivity index is 1.23. The van der Waals surface area contributed by atoms with Gasteiger partial charge in [0, 0.05) is 35.3 Å². The largest absolute Gasteiger partial charge is 0.355 e. The molecule has 0 spiro atoms. The molecular weight excluding hydrogens is 412 g/mol. The number of hydrogen-bond acceptors (Lipinski definition) is 6. The summed E-state index contributed by atoms with van der Waals surface area (Å²) in [7, 11) is 0. The first kappa shape index (κ1) is 20.9. The molecule has 30 heavy (non-hydrogen) atoms. The monoisotopic (exact) mass is 438 g/mol. The molecule has 1 aliphatic rings. The molecule has 2 aromatic heterocycles. The maximum atomic E-state index is 12.5. The third-order valence-electron chi connectivity index (χ3n) is 5.31. The van der Waals surface area contributed by atoms with Crippen LogP contribution in [0.1, 0.15) is 23.3 Å². The number of hydrogen-bond donors (Lipinski definition) is 1.